The minimum atomic E-state index is -0.278. The normalized spacial score (nSPS) is 12.6. The van der Waals surface area contributed by atoms with Gasteiger partial charge in [0.25, 0.3) is 5.91 Å². The third kappa shape index (κ3) is 3.12. The van der Waals surface area contributed by atoms with Gasteiger partial charge in [0, 0.05) is 29.8 Å². The predicted octanol–water partition coefficient (Wildman–Crippen LogP) is 3.67. The molecule has 0 aliphatic rings. The molecule has 150 valence electrons. The summed E-state index contributed by atoms with van der Waals surface area (Å²) in [7, 11) is 3.59. The first-order valence-corrected chi connectivity index (χ1v) is 9.66. The summed E-state index contributed by atoms with van der Waals surface area (Å²) in [6.45, 7) is 6.08. The molecule has 7 heteroatoms. The molecule has 3 aromatic heterocycles. The van der Waals surface area contributed by atoms with Gasteiger partial charge >= 0.3 is 0 Å². The fourth-order valence-electron chi connectivity index (χ4n) is 3.78. The molecule has 4 rings (SSSR count). The number of nitrogens with one attached hydrogen (secondary N) is 1. The van der Waals surface area contributed by atoms with Crippen molar-refractivity contribution in [2.24, 2.45) is 13.0 Å². The minimum Gasteiger partial charge on any atom is -0.497 e. The van der Waals surface area contributed by atoms with Crippen molar-refractivity contribution >= 4 is 22.5 Å². The molecule has 7 nitrogen and oxygen atoms in total. The third-order valence-corrected chi connectivity index (χ3v) is 5.50. The molecule has 0 saturated carbocycles. The number of aryl methyl sites for hydroxylation is 1. The van der Waals surface area contributed by atoms with Crippen LogP contribution in [-0.2, 0) is 7.05 Å². The van der Waals surface area contributed by atoms with Crippen LogP contribution in [0.15, 0.2) is 42.6 Å². The Kier molecular flexibility index (Phi) is 4.74. The van der Waals surface area contributed by atoms with Crippen molar-refractivity contribution in [1.82, 2.24) is 24.5 Å². The number of carbonyl (C=O) groups is 1. The average molecular weight is 391 g/mol. The van der Waals surface area contributed by atoms with E-state index >= 15 is 0 Å². The quantitative estimate of drug-likeness (QED) is 0.563. The standard InChI is InChI=1S/C22H25N5O2/c1-13(2)20(21-25-24-18-8-6-7-11-27(18)21)23-22(28)19-14(3)26(4)17-10-9-15(29-5)12-16(17)19/h6-13,20H,1-5H3,(H,23,28). The molecule has 4 aromatic rings. The summed E-state index contributed by atoms with van der Waals surface area (Å²) in [5.74, 6) is 1.45. The second-order valence-electron chi connectivity index (χ2n) is 7.58. The van der Waals surface area contributed by atoms with Crippen molar-refractivity contribution in [1.29, 1.82) is 0 Å². The first-order valence-electron chi connectivity index (χ1n) is 9.66. The van der Waals surface area contributed by atoms with Gasteiger partial charge in [-0.15, -0.1) is 10.2 Å². The smallest absolute Gasteiger partial charge is 0.254 e. The van der Waals surface area contributed by atoms with Gasteiger partial charge in [-0.3, -0.25) is 9.20 Å². The molecule has 0 bridgehead atoms. The van der Waals surface area contributed by atoms with E-state index in [2.05, 4.69) is 29.4 Å². The molecule has 1 unspecified atom stereocenters. The molecule has 0 aliphatic carbocycles. The lowest BCUT2D eigenvalue weighted by Gasteiger charge is -2.21. The number of nitrogens with zero attached hydrogens (tertiary/aromatic N) is 4. The lowest BCUT2D eigenvalue weighted by molar-refractivity contribution is 0.0923. The van der Waals surface area contributed by atoms with Crippen molar-refractivity contribution in [2.75, 3.05) is 7.11 Å². The van der Waals surface area contributed by atoms with Gasteiger partial charge in [-0.1, -0.05) is 19.9 Å². The fraction of sp³-hybridized carbons (Fsp3) is 0.318. The summed E-state index contributed by atoms with van der Waals surface area (Å²) < 4.78 is 9.32. The van der Waals surface area contributed by atoms with Gasteiger partial charge in [0.2, 0.25) is 0 Å². The Morgan fingerprint density at radius 1 is 1.17 bits per heavy atom. The van der Waals surface area contributed by atoms with Crippen LogP contribution in [0.25, 0.3) is 16.6 Å². The van der Waals surface area contributed by atoms with Crippen molar-refractivity contribution in [2.45, 2.75) is 26.8 Å². The summed E-state index contributed by atoms with van der Waals surface area (Å²) >= 11 is 0. The molecule has 0 radical (unpaired) electrons. The number of amides is 1. The van der Waals surface area contributed by atoms with Crippen LogP contribution in [-0.4, -0.2) is 32.2 Å². The number of methoxy groups -OCH3 is 1. The number of ether oxygens (including phenoxy) is 1. The Morgan fingerprint density at radius 3 is 2.69 bits per heavy atom. The molecule has 1 N–H and O–H groups in total. The number of carbonyl (C=O) groups excluding carboxylic acids is 1. The number of rotatable bonds is 5. The number of benzene rings is 1. The maximum atomic E-state index is 13.4. The van der Waals surface area contributed by atoms with Crippen LogP contribution < -0.4 is 10.1 Å². The Labute approximate surface area is 169 Å². The number of aromatic nitrogens is 4. The third-order valence-electron chi connectivity index (χ3n) is 5.50. The summed E-state index contributed by atoms with van der Waals surface area (Å²) in [5, 5.41) is 12.7. The highest BCUT2D eigenvalue weighted by Gasteiger charge is 2.27. The second kappa shape index (κ2) is 7.24. The van der Waals surface area contributed by atoms with E-state index < -0.39 is 0 Å². The molecule has 1 atom stereocenters. The lowest BCUT2D eigenvalue weighted by Crippen LogP contribution is -2.33. The number of fused-ring (bicyclic) bond motifs is 2. The van der Waals surface area contributed by atoms with E-state index in [0.29, 0.717) is 5.56 Å². The molecule has 0 spiro atoms. The Morgan fingerprint density at radius 2 is 1.97 bits per heavy atom. The summed E-state index contributed by atoms with van der Waals surface area (Å²) in [5.41, 5.74) is 3.30. The van der Waals surface area contributed by atoms with Crippen LogP contribution in [0.3, 0.4) is 0 Å². The Hall–Kier alpha value is -3.35. The van der Waals surface area contributed by atoms with E-state index in [0.717, 1.165) is 33.8 Å². The van der Waals surface area contributed by atoms with Crippen molar-refractivity contribution in [3.63, 3.8) is 0 Å². The maximum absolute atomic E-state index is 13.4. The van der Waals surface area contributed by atoms with E-state index in [1.54, 1.807) is 7.11 Å². The van der Waals surface area contributed by atoms with E-state index in [4.69, 9.17) is 4.74 Å². The minimum absolute atomic E-state index is 0.132. The highest BCUT2D eigenvalue weighted by molar-refractivity contribution is 6.08. The van der Waals surface area contributed by atoms with Gasteiger partial charge in [-0.25, -0.2) is 0 Å². The van der Waals surface area contributed by atoms with E-state index in [1.165, 1.54) is 0 Å². The fourth-order valence-corrected chi connectivity index (χ4v) is 3.78. The predicted molar refractivity (Wildman–Crippen MR) is 112 cm³/mol. The monoisotopic (exact) mass is 391 g/mol. The van der Waals surface area contributed by atoms with Gasteiger partial charge < -0.3 is 14.6 Å². The topological polar surface area (TPSA) is 73.4 Å². The number of pyridine rings is 1. The van der Waals surface area contributed by atoms with Crippen molar-refractivity contribution in [3.8, 4) is 5.75 Å². The van der Waals surface area contributed by atoms with E-state index in [-0.39, 0.29) is 17.9 Å². The van der Waals surface area contributed by atoms with Crippen LogP contribution in [0.2, 0.25) is 0 Å². The van der Waals surface area contributed by atoms with Crippen LogP contribution in [0.1, 0.15) is 41.8 Å². The highest BCUT2D eigenvalue weighted by atomic mass is 16.5. The molecule has 3 heterocycles. The molecule has 1 amide bonds. The van der Waals surface area contributed by atoms with Gasteiger partial charge in [-0.2, -0.15) is 0 Å². The molecule has 0 saturated heterocycles. The van der Waals surface area contributed by atoms with Gasteiger partial charge in [0.15, 0.2) is 11.5 Å². The molecular weight excluding hydrogens is 366 g/mol. The van der Waals surface area contributed by atoms with Crippen molar-refractivity contribution in [3.05, 3.63) is 59.7 Å². The molecular formula is C22H25N5O2. The van der Waals surface area contributed by atoms with Crippen LogP contribution in [0, 0.1) is 12.8 Å². The molecule has 1 aromatic carbocycles. The second-order valence-corrected chi connectivity index (χ2v) is 7.58. The zero-order valence-corrected chi connectivity index (χ0v) is 17.3. The van der Waals surface area contributed by atoms with Crippen molar-refractivity contribution < 1.29 is 9.53 Å². The maximum Gasteiger partial charge on any atom is 0.254 e. The largest absolute Gasteiger partial charge is 0.497 e. The Balaban J connectivity index is 1.77. The summed E-state index contributed by atoms with van der Waals surface area (Å²) in [4.78, 5) is 13.4. The Bertz CT molecular complexity index is 1200. The first-order chi connectivity index (χ1) is 13.9. The number of hydrogen-bond acceptors (Lipinski definition) is 4. The van der Waals surface area contributed by atoms with Gasteiger partial charge in [0.1, 0.15) is 5.75 Å². The van der Waals surface area contributed by atoms with Crippen LogP contribution in [0.5, 0.6) is 5.75 Å². The molecule has 0 fully saturated rings. The van der Waals surface area contributed by atoms with E-state index in [9.17, 15) is 4.79 Å². The molecule has 0 aliphatic heterocycles. The van der Waals surface area contributed by atoms with Crippen LogP contribution in [0.4, 0.5) is 0 Å². The zero-order valence-electron chi connectivity index (χ0n) is 17.3. The summed E-state index contributed by atoms with van der Waals surface area (Å²) in [6.07, 6.45) is 1.92. The average Bonchev–Trinajstić information content (AvgIpc) is 3.25. The lowest BCUT2D eigenvalue weighted by atomic mass is 10.0. The number of hydrogen-bond donors (Lipinski definition) is 1. The van der Waals surface area contributed by atoms with Gasteiger partial charge in [-0.05, 0) is 43.2 Å². The SMILES string of the molecule is COc1ccc2c(c1)c(C(=O)NC(c1nnc3ccccn13)C(C)C)c(C)n2C. The first kappa shape index (κ1) is 19.0. The van der Waals surface area contributed by atoms with Crippen LogP contribution >= 0.6 is 0 Å². The summed E-state index contributed by atoms with van der Waals surface area (Å²) in [6, 6.07) is 11.3. The molecule has 29 heavy (non-hydrogen) atoms. The highest BCUT2D eigenvalue weighted by Crippen LogP contribution is 2.30. The zero-order chi connectivity index (χ0) is 20.7. The van der Waals surface area contributed by atoms with Gasteiger partial charge in [0.05, 0.1) is 18.7 Å². The van der Waals surface area contributed by atoms with E-state index in [1.807, 2.05) is 65.5 Å².